The minimum atomic E-state index is -0.00231. The molecule has 4 heteroatoms. The van der Waals surface area contributed by atoms with Crippen molar-refractivity contribution >= 4 is 15.9 Å². The number of hydrogen-bond acceptors (Lipinski definition) is 1. The molecule has 1 aromatic rings. The van der Waals surface area contributed by atoms with Crippen LogP contribution in [0.25, 0.3) is 0 Å². The Morgan fingerprint density at radius 3 is 2.22 bits per heavy atom. The molecule has 9 heavy (non-hydrogen) atoms. The summed E-state index contributed by atoms with van der Waals surface area (Å²) in [6.07, 6.45) is 1.72. The molecule has 3 nitrogen and oxygen atoms in total. The van der Waals surface area contributed by atoms with Crippen molar-refractivity contribution in [2.45, 2.75) is 0 Å². The van der Waals surface area contributed by atoms with E-state index in [1.54, 1.807) is 17.9 Å². The molecule has 0 amide bonds. The molecule has 0 fully saturated rings. The highest BCUT2D eigenvalue weighted by Gasteiger charge is 1.99. The Morgan fingerprint density at radius 2 is 2.11 bits per heavy atom. The standard InChI is InChI=1S/C5H7BrN2O/c1-7-3-4(6)5(9)8(7)2/h3H,1-2H3. The molecule has 0 bridgehead atoms. The van der Waals surface area contributed by atoms with Gasteiger partial charge in [0, 0.05) is 20.3 Å². The fraction of sp³-hybridized carbons (Fsp3) is 0.400. The Morgan fingerprint density at radius 1 is 1.56 bits per heavy atom. The number of aryl methyl sites for hydroxylation is 1. The van der Waals surface area contributed by atoms with Crippen LogP contribution in [0.4, 0.5) is 0 Å². The second-order valence-corrected chi connectivity index (χ2v) is 2.73. The van der Waals surface area contributed by atoms with Crippen molar-refractivity contribution in [3.8, 4) is 0 Å². The Hall–Kier alpha value is -0.510. The Kier molecular flexibility index (Phi) is 1.48. The average Bonchev–Trinajstić information content (AvgIpc) is 1.98. The van der Waals surface area contributed by atoms with Gasteiger partial charge in [-0.25, -0.2) is 0 Å². The van der Waals surface area contributed by atoms with E-state index < -0.39 is 0 Å². The maximum absolute atomic E-state index is 10.9. The molecular formula is C5H7BrN2O. The third-order valence-corrected chi connectivity index (χ3v) is 1.82. The smallest absolute Gasteiger partial charge is 0.280 e. The van der Waals surface area contributed by atoms with Gasteiger partial charge in [0.25, 0.3) is 5.56 Å². The topological polar surface area (TPSA) is 26.9 Å². The summed E-state index contributed by atoms with van der Waals surface area (Å²) in [6.45, 7) is 0. The highest BCUT2D eigenvalue weighted by atomic mass is 79.9. The Balaban J connectivity index is 3.48. The molecule has 1 aromatic heterocycles. The molecule has 0 atom stereocenters. The van der Waals surface area contributed by atoms with Crippen LogP contribution in [0.3, 0.4) is 0 Å². The van der Waals surface area contributed by atoms with Crippen molar-refractivity contribution in [2.75, 3.05) is 0 Å². The minimum absolute atomic E-state index is 0.00231. The Bertz CT molecular complexity index is 273. The van der Waals surface area contributed by atoms with Gasteiger partial charge in [-0.2, -0.15) is 0 Å². The molecule has 0 spiro atoms. The summed E-state index contributed by atoms with van der Waals surface area (Å²) in [7, 11) is 3.53. The van der Waals surface area contributed by atoms with E-state index in [1.165, 1.54) is 4.68 Å². The molecule has 0 saturated heterocycles. The van der Waals surface area contributed by atoms with E-state index in [2.05, 4.69) is 15.9 Å². The van der Waals surface area contributed by atoms with Crippen LogP contribution in [0.5, 0.6) is 0 Å². The van der Waals surface area contributed by atoms with Crippen molar-refractivity contribution in [1.29, 1.82) is 0 Å². The van der Waals surface area contributed by atoms with Gasteiger partial charge in [0.15, 0.2) is 0 Å². The molecule has 0 N–H and O–H groups in total. The van der Waals surface area contributed by atoms with E-state index in [9.17, 15) is 4.79 Å². The first-order valence-corrected chi connectivity index (χ1v) is 3.30. The lowest BCUT2D eigenvalue weighted by atomic mass is 10.7. The molecule has 1 heterocycles. The maximum Gasteiger partial charge on any atom is 0.280 e. The molecule has 0 saturated carbocycles. The first-order valence-electron chi connectivity index (χ1n) is 2.51. The fourth-order valence-electron chi connectivity index (χ4n) is 0.604. The third kappa shape index (κ3) is 0.941. The Labute approximate surface area is 61.0 Å². The predicted molar refractivity (Wildman–Crippen MR) is 38.4 cm³/mol. The molecule has 0 aliphatic carbocycles. The van der Waals surface area contributed by atoms with E-state index >= 15 is 0 Å². The quantitative estimate of drug-likeness (QED) is 0.586. The van der Waals surface area contributed by atoms with Crippen molar-refractivity contribution in [2.24, 2.45) is 14.1 Å². The second-order valence-electron chi connectivity index (χ2n) is 1.88. The lowest BCUT2D eigenvalue weighted by Gasteiger charge is -1.94. The number of rotatable bonds is 0. The molecular weight excluding hydrogens is 184 g/mol. The number of aromatic nitrogens is 2. The minimum Gasteiger partial charge on any atom is -0.292 e. The molecule has 0 aliphatic heterocycles. The summed E-state index contributed by atoms with van der Waals surface area (Å²) in [5.74, 6) is 0. The van der Waals surface area contributed by atoms with Crippen molar-refractivity contribution in [3.63, 3.8) is 0 Å². The SMILES string of the molecule is Cn1cc(Br)c(=O)n1C. The van der Waals surface area contributed by atoms with E-state index in [0.29, 0.717) is 4.47 Å². The molecule has 0 aromatic carbocycles. The van der Waals surface area contributed by atoms with Crippen LogP contribution in [-0.4, -0.2) is 9.36 Å². The zero-order valence-corrected chi connectivity index (χ0v) is 6.84. The van der Waals surface area contributed by atoms with Crippen LogP contribution >= 0.6 is 15.9 Å². The lowest BCUT2D eigenvalue weighted by molar-refractivity contribution is 0.579. The van der Waals surface area contributed by atoms with Crippen molar-refractivity contribution in [3.05, 3.63) is 21.0 Å². The van der Waals surface area contributed by atoms with E-state index in [0.717, 1.165) is 0 Å². The molecule has 0 aliphatic rings. The van der Waals surface area contributed by atoms with Crippen LogP contribution < -0.4 is 5.56 Å². The van der Waals surface area contributed by atoms with Gasteiger partial charge in [0.1, 0.15) is 4.47 Å². The zero-order valence-electron chi connectivity index (χ0n) is 5.26. The van der Waals surface area contributed by atoms with Crippen LogP contribution in [0.15, 0.2) is 15.5 Å². The maximum atomic E-state index is 10.9. The molecule has 0 radical (unpaired) electrons. The highest BCUT2D eigenvalue weighted by molar-refractivity contribution is 9.10. The molecule has 50 valence electrons. The van der Waals surface area contributed by atoms with Gasteiger partial charge in [0.05, 0.1) is 0 Å². The van der Waals surface area contributed by atoms with Crippen molar-refractivity contribution < 1.29 is 0 Å². The summed E-state index contributed by atoms with van der Waals surface area (Å²) in [5, 5.41) is 0. The average molecular weight is 191 g/mol. The second kappa shape index (κ2) is 2.02. The largest absolute Gasteiger partial charge is 0.292 e. The lowest BCUT2D eigenvalue weighted by Crippen LogP contribution is -2.16. The molecule has 1 rings (SSSR count). The van der Waals surface area contributed by atoms with E-state index in [-0.39, 0.29) is 5.56 Å². The van der Waals surface area contributed by atoms with Crippen LogP contribution in [-0.2, 0) is 14.1 Å². The normalized spacial score (nSPS) is 10.1. The summed E-state index contributed by atoms with van der Waals surface area (Å²) < 4.78 is 3.84. The van der Waals surface area contributed by atoms with Crippen molar-refractivity contribution in [1.82, 2.24) is 9.36 Å². The van der Waals surface area contributed by atoms with Gasteiger partial charge in [-0.3, -0.25) is 14.2 Å². The van der Waals surface area contributed by atoms with Gasteiger partial charge in [0.2, 0.25) is 0 Å². The van der Waals surface area contributed by atoms with Gasteiger partial charge >= 0.3 is 0 Å². The highest BCUT2D eigenvalue weighted by Crippen LogP contribution is 1.99. The number of hydrogen-bond donors (Lipinski definition) is 0. The van der Waals surface area contributed by atoms with E-state index in [4.69, 9.17) is 0 Å². The zero-order chi connectivity index (χ0) is 7.02. The summed E-state index contributed by atoms with van der Waals surface area (Å²) in [5.41, 5.74) is -0.00231. The number of nitrogens with zero attached hydrogens (tertiary/aromatic N) is 2. The number of halogens is 1. The first kappa shape index (κ1) is 6.61. The summed E-state index contributed by atoms with van der Waals surface area (Å²) in [6, 6.07) is 0. The van der Waals surface area contributed by atoms with Crippen LogP contribution in [0, 0.1) is 0 Å². The van der Waals surface area contributed by atoms with Crippen LogP contribution in [0.1, 0.15) is 0 Å². The predicted octanol–water partition coefficient (Wildman–Crippen LogP) is 0.486. The van der Waals surface area contributed by atoms with Gasteiger partial charge in [-0.05, 0) is 15.9 Å². The summed E-state index contributed by atoms with van der Waals surface area (Å²) in [4.78, 5) is 10.9. The van der Waals surface area contributed by atoms with Gasteiger partial charge < -0.3 is 0 Å². The fourth-order valence-corrected chi connectivity index (χ4v) is 1.16. The van der Waals surface area contributed by atoms with Gasteiger partial charge in [-0.15, -0.1) is 0 Å². The van der Waals surface area contributed by atoms with Crippen LogP contribution in [0.2, 0.25) is 0 Å². The molecule has 0 unspecified atom stereocenters. The van der Waals surface area contributed by atoms with E-state index in [1.807, 2.05) is 7.05 Å². The summed E-state index contributed by atoms with van der Waals surface area (Å²) >= 11 is 3.11. The third-order valence-electron chi connectivity index (χ3n) is 1.27. The first-order chi connectivity index (χ1) is 4.13. The monoisotopic (exact) mass is 190 g/mol. The van der Waals surface area contributed by atoms with Gasteiger partial charge in [-0.1, -0.05) is 0 Å².